The van der Waals surface area contributed by atoms with Gasteiger partial charge in [0.05, 0.1) is 27.9 Å². The quantitative estimate of drug-likeness (QED) is 0.239. The number of amides is 1. The Hall–Kier alpha value is -3.54. The molecule has 35 heavy (non-hydrogen) atoms. The summed E-state index contributed by atoms with van der Waals surface area (Å²) in [6.07, 6.45) is 1.97. The van der Waals surface area contributed by atoms with E-state index in [1.54, 1.807) is 59.9 Å². The number of carbonyl (C=O) groups is 1. The third kappa shape index (κ3) is 8.32. The Morgan fingerprint density at radius 1 is 1.14 bits per heavy atom. The molecule has 0 aliphatic rings. The van der Waals surface area contributed by atoms with Gasteiger partial charge in [-0.25, -0.2) is 4.79 Å². The van der Waals surface area contributed by atoms with Crippen molar-refractivity contribution in [1.82, 2.24) is 10.3 Å². The van der Waals surface area contributed by atoms with Gasteiger partial charge in [-0.2, -0.15) is 8.42 Å². The van der Waals surface area contributed by atoms with Crippen LogP contribution in [0.5, 0.6) is 0 Å². The molecule has 2 unspecified atom stereocenters. The van der Waals surface area contributed by atoms with Crippen LogP contribution in [0.1, 0.15) is 53.1 Å². The number of ether oxygens (including phenoxy) is 2. The molecule has 2 atom stereocenters. The molecule has 1 heterocycles. The van der Waals surface area contributed by atoms with Gasteiger partial charge in [-0.15, -0.1) is 4.40 Å². The Morgan fingerprint density at radius 2 is 1.77 bits per heavy atom. The number of hydrogen-bond acceptors (Lipinski definition) is 8. The summed E-state index contributed by atoms with van der Waals surface area (Å²) in [5.41, 5.74) is -0.422. The Kier molecular flexibility index (Phi) is 8.91. The fraction of sp³-hybridized carbons (Fsp3) is 0.435. The molecule has 1 aromatic heterocycles. The molecule has 0 bridgehead atoms. The van der Waals surface area contributed by atoms with Crippen molar-refractivity contribution in [2.75, 3.05) is 0 Å². The van der Waals surface area contributed by atoms with Crippen LogP contribution >= 0.6 is 0 Å². The maximum absolute atomic E-state index is 13.0. The summed E-state index contributed by atoms with van der Waals surface area (Å²) in [6.45, 7) is 10.2. The van der Waals surface area contributed by atoms with Crippen LogP contribution in [0.15, 0.2) is 58.1 Å². The normalized spacial score (nSPS) is 14.2. The van der Waals surface area contributed by atoms with E-state index in [1.165, 1.54) is 6.20 Å². The molecule has 0 saturated carbocycles. The number of alkyl carbamates (subject to hydrolysis) is 1. The predicted molar refractivity (Wildman–Crippen MR) is 129 cm³/mol. The van der Waals surface area contributed by atoms with Crippen molar-refractivity contribution in [2.45, 2.75) is 64.2 Å². The van der Waals surface area contributed by atoms with Crippen molar-refractivity contribution in [2.24, 2.45) is 10.3 Å². The van der Waals surface area contributed by atoms with Gasteiger partial charge in [0.25, 0.3) is 15.7 Å². The van der Waals surface area contributed by atoms with Crippen molar-refractivity contribution < 1.29 is 27.6 Å². The minimum Gasteiger partial charge on any atom is -0.477 e. The van der Waals surface area contributed by atoms with E-state index in [-0.39, 0.29) is 16.5 Å². The van der Waals surface area contributed by atoms with E-state index in [4.69, 9.17) is 9.47 Å². The van der Waals surface area contributed by atoms with Gasteiger partial charge in [0, 0.05) is 24.5 Å². The highest BCUT2D eigenvalue weighted by Crippen LogP contribution is 2.27. The van der Waals surface area contributed by atoms with E-state index >= 15 is 0 Å². The number of carbonyl (C=O) groups excluding carboxylic acids is 1. The van der Waals surface area contributed by atoms with Gasteiger partial charge in [0.15, 0.2) is 0 Å². The predicted octanol–water partition coefficient (Wildman–Crippen LogP) is 4.40. The second-order valence-electron chi connectivity index (χ2n) is 9.02. The fourth-order valence-electron chi connectivity index (χ4n) is 3.00. The third-order valence-electron chi connectivity index (χ3n) is 4.52. The van der Waals surface area contributed by atoms with Crippen LogP contribution in [0.4, 0.5) is 10.5 Å². The number of nitrogens with zero attached hydrogens (tertiary/aromatic N) is 3. The van der Waals surface area contributed by atoms with Crippen LogP contribution in [0.25, 0.3) is 0 Å². The maximum Gasteiger partial charge on any atom is 0.408 e. The number of rotatable bonds is 8. The van der Waals surface area contributed by atoms with Crippen molar-refractivity contribution in [3.05, 3.63) is 64.5 Å². The van der Waals surface area contributed by atoms with Crippen LogP contribution in [-0.4, -0.2) is 42.0 Å². The number of sulfonamides is 1. The lowest BCUT2D eigenvalue weighted by molar-refractivity contribution is -0.384. The smallest absolute Gasteiger partial charge is 0.408 e. The minimum atomic E-state index is -4.28. The molecule has 1 N–H and O–H groups in total. The summed E-state index contributed by atoms with van der Waals surface area (Å²) in [7, 11) is -4.28. The maximum atomic E-state index is 13.0. The van der Waals surface area contributed by atoms with Gasteiger partial charge in [-0.05, 0) is 58.4 Å². The molecule has 0 fully saturated rings. The average Bonchev–Trinajstić information content (AvgIpc) is 2.75. The molecule has 0 radical (unpaired) electrons. The van der Waals surface area contributed by atoms with Gasteiger partial charge < -0.3 is 14.8 Å². The van der Waals surface area contributed by atoms with Gasteiger partial charge in [-0.1, -0.05) is 13.0 Å². The summed E-state index contributed by atoms with van der Waals surface area (Å²) in [5, 5.41) is 13.7. The zero-order valence-corrected chi connectivity index (χ0v) is 21.3. The number of nitro groups is 1. The van der Waals surface area contributed by atoms with Crippen molar-refractivity contribution in [1.29, 1.82) is 0 Å². The summed E-state index contributed by atoms with van der Waals surface area (Å²) in [4.78, 5) is 26.7. The monoisotopic (exact) mass is 506 g/mol. The molecule has 11 nitrogen and oxygen atoms in total. The Bertz CT molecular complexity index is 1160. The van der Waals surface area contributed by atoms with E-state index in [0.717, 1.165) is 24.3 Å². The highest BCUT2D eigenvalue weighted by Gasteiger charge is 2.31. The number of aromatic nitrogens is 1. The van der Waals surface area contributed by atoms with Gasteiger partial charge in [0.2, 0.25) is 5.90 Å². The molecule has 0 aliphatic carbocycles. The highest BCUT2D eigenvalue weighted by atomic mass is 32.2. The summed E-state index contributed by atoms with van der Waals surface area (Å²) in [5.74, 6) is -0.912. The first-order chi connectivity index (χ1) is 16.2. The van der Waals surface area contributed by atoms with Crippen molar-refractivity contribution >= 4 is 27.7 Å². The zero-order chi connectivity index (χ0) is 26.4. The molecule has 0 saturated heterocycles. The first-order valence-electron chi connectivity index (χ1n) is 10.8. The van der Waals surface area contributed by atoms with E-state index in [0.29, 0.717) is 5.56 Å². The van der Waals surface area contributed by atoms with Gasteiger partial charge >= 0.3 is 6.09 Å². The second-order valence-corrected chi connectivity index (χ2v) is 10.6. The van der Waals surface area contributed by atoms with E-state index in [1.807, 2.05) is 0 Å². The molecule has 190 valence electrons. The molecule has 1 aromatic carbocycles. The van der Waals surface area contributed by atoms with Crippen molar-refractivity contribution in [3.8, 4) is 0 Å². The molecule has 0 spiro atoms. The van der Waals surface area contributed by atoms with Crippen LogP contribution in [0, 0.1) is 16.0 Å². The largest absolute Gasteiger partial charge is 0.477 e. The van der Waals surface area contributed by atoms with E-state index in [2.05, 4.69) is 14.7 Å². The average molecular weight is 507 g/mol. The number of pyridine rings is 1. The fourth-order valence-corrected chi connectivity index (χ4v) is 4.03. The van der Waals surface area contributed by atoms with Gasteiger partial charge in [-0.3, -0.25) is 15.1 Å². The lowest BCUT2D eigenvalue weighted by Crippen LogP contribution is -2.40. The molecule has 0 aliphatic heterocycles. The summed E-state index contributed by atoms with van der Waals surface area (Å²) < 4.78 is 41.1. The molecular formula is C23H30N4O7S. The molecule has 2 rings (SSSR count). The standard InChI is InChI=1S/C23H30N4O7S/c1-15(2)33-21(26-35(31,32)19-11-9-18(10-12-19)27(29)30)16(3)20(17-8-7-13-24-14-17)25-22(28)34-23(4,5)6/h7-16,20H,1-6H3,(H,25,28). The third-order valence-corrected chi connectivity index (χ3v) is 5.81. The van der Waals surface area contributed by atoms with Crippen LogP contribution in [0.3, 0.4) is 0 Å². The lowest BCUT2D eigenvalue weighted by Gasteiger charge is -2.28. The summed E-state index contributed by atoms with van der Waals surface area (Å²) in [6, 6.07) is 6.98. The number of hydrogen-bond donors (Lipinski definition) is 1. The van der Waals surface area contributed by atoms with Crippen LogP contribution in [-0.2, 0) is 19.5 Å². The number of nitrogens with one attached hydrogen (secondary N) is 1. The first-order valence-corrected chi connectivity index (χ1v) is 12.3. The Labute approximate surface area is 204 Å². The van der Waals surface area contributed by atoms with Crippen molar-refractivity contribution in [3.63, 3.8) is 0 Å². The zero-order valence-electron chi connectivity index (χ0n) is 20.5. The molecule has 1 amide bonds. The molecule has 12 heteroatoms. The van der Waals surface area contributed by atoms with E-state index in [9.17, 15) is 23.3 Å². The number of nitro benzene ring substituents is 1. The molecule has 2 aromatic rings. The number of benzene rings is 1. The first kappa shape index (κ1) is 27.7. The molecular weight excluding hydrogens is 476 g/mol. The Morgan fingerprint density at radius 3 is 2.26 bits per heavy atom. The van der Waals surface area contributed by atoms with Crippen LogP contribution in [0.2, 0.25) is 0 Å². The SMILES string of the molecule is CC(C)OC(=NS(=O)(=O)c1ccc([N+](=O)[O-])cc1)C(C)C(NC(=O)OC(C)(C)C)c1cccnc1. The summed E-state index contributed by atoms with van der Waals surface area (Å²) >= 11 is 0. The van der Waals surface area contributed by atoms with Crippen LogP contribution < -0.4 is 5.32 Å². The number of non-ortho nitro benzene ring substituents is 1. The van der Waals surface area contributed by atoms with Gasteiger partial charge in [0.1, 0.15) is 5.60 Å². The lowest BCUT2D eigenvalue weighted by atomic mass is 9.95. The van der Waals surface area contributed by atoms with E-state index < -0.39 is 44.7 Å². The minimum absolute atomic E-state index is 0.150. The second kappa shape index (κ2) is 11.3. The topological polar surface area (TPSA) is 150 Å². The Balaban J connectivity index is 2.50. The highest BCUT2D eigenvalue weighted by molar-refractivity contribution is 7.90.